The van der Waals surface area contributed by atoms with Crippen molar-refractivity contribution < 1.29 is 18.7 Å². The zero-order chi connectivity index (χ0) is 19.8. The van der Waals surface area contributed by atoms with Crippen LogP contribution in [0.1, 0.15) is 24.5 Å². The van der Waals surface area contributed by atoms with Crippen molar-refractivity contribution in [2.24, 2.45) is 0 Å². The van der Waals surface area contributed by atoms with E-state index in [1.165, 1.54) is 29.2 Å². The largest absolute Gasteiger partial charge is 0.484 e. The van der Waals surface area contributed by atoms with Crippen molar-refractivity contribution in [2.45, 2.75) is 32.9 Å². The molecule has 5 nitrogen and oxygen atoms in total. The number of benzene rings is 2. The highest BCUT2D eigenvalue weighted by molar-refractivity contribution is 5.88. The first-order chi connectivity index (χ1) is 12.9. The molecule has 0 aliphatic heterocycles. The molecule has 1 unspecified atom stereocenters. The average Bonchev–Trinajstić information content (AvgIpc) is 2.67. The lowest BCUT2D eigenvalue weighted by atomic mass is 10.1. The number of aryl methyl sites for hydroxylation is 1. The second-order valence-electron chi connectivity index (χ2n) is 6.29. The van der Waals surface area contributed by atoms with Gasteiger partial charge in [-0.3, -0.25) is 9.59 Å². The van der Waals surface area contributed by atoms with Crippen LogP contribution in [0.25, 0.3) is 0 Å². The number of ether oxygens (including phenoxy) is 1. The van der Waals surface area contributed by atoms with E-state index < -0.39 is 6.04 Å². The topological polar surface area (TPSA) is 58.6 Å². The third kappa shape index (κ3) is 5.81. The van der Waals surface area contributed by atoms with Crippen LogP contribution in [0.3, 0.4) is 0 Å². The number of hydrogen-bond donors (Lipinski definition) is 1. The zero-order valence-corrected chi connectivity index (χ0v) is 15.9. The minimum Gasteiger partial charge on any atom is -0.484 e. The molecule has 0 bridgehead atoms. The lowest BCUT2D eigenvalue weighted by molar-refractivity contribution is -0.142. The maximum Gasteiger partial charge on any atom is 0.261 e. The summed E-state index contributed by atoms with van der Waals surface area (Å²) in [4.78, 5) is 26.6. The average molecular weight is 372 g/mol. The van der Waals surface area contributed by atoms with Gasteiger partial charge in [0.2, 0.25) is 5.91 Å². The maximum absolute atomic E-state index is 13.0. The predicted octanol–water partition coefficient (Wildman–Crippen LogP) is 3.07. The summed E-state index contributed by atoms with van der Waals surface area (Å²) in [7, 11) is 1.55. The number of nitrogens with one attached hydrogen (secondary N) is 1. The lowest BCUT2D eigenvalue weighted by Crippen LogP contribution is -2.49. The molecular weight excluding hydrogens is 347 g/mol. The van der Waals surface area contributed by atoms with E-state index in [0.717, 1.165) is 11.1 Å². The number of hydrogen-bond acceptors (Lipinski definition) is 3. The second kappa shape index (κ2) is 9.71. The molecule has 2 aromatic rings. The Bertz CT molecular complexity index is 777. The maximum atomic E-state index is 13.0. The summed E-state index contributed by atoms with van der Waals surface area (Å²) in [6.45, 7) is 3.91. The molecule has 0 radical (unpaired) electrons. The molecule has 2 amide bonds. The molecule has 144 valence electrons. The van der Waals surface area contributed by atoms with Crippen LogP contribution in [0.15, 0.2) is 48.5 Å². The molecule has 0 saturated carbocycles. The Hall–Kier alpha value is -2.89. The van der Waals surface area contributed by atoms with E-state index in [1.807, 2.05) is 38.1 Å². The molecular formula is C21H25FN2O3. The van der Waals surface area contributed by atoms with Crippen LogP contribution >= 0.6 is 0 Å². The van der Waals surface area contributed by atoms with Crippen molar-refractivity contribution in [1.82, 2.24) is 10.2 Å². The number of nitrogens with zero attached hydrogens (tertiary/aromatic N) is 1. The van der Waals surface area contributed by atoms with Crippen molar-refractivity contribution in [1.29, 1.82) is 0 Å². The molecule has 1 N–H and O–H groups in total. The third-order valence-electron chi connectivity index (χ3n) is 4.24. The standard InChI is InChI=1S/C21H25FN2O3/c1-4-19(21(26)23-3)24(13-16-7-5-6-15(2)12-16)20(25)14-27-18-10-8-17(22)9-11-18/h5-12,19H,4,13-14H2,1-3H3,(H,23,26). The van der Waals surface area contributed by atoms with Crippen LogP contribution in [0.2, 0.25) is 0 Å². The van der Waals surface area contributed by atoms with E-state index in [1.54, 1.807) is 7.05 Å². The molecule has 0 aliphatic carbocycles. The highest BCUT2D eigenvalue weighted by Gasteiger charge is 2.28. The van der Waals surface area contributed by atoms with Gasteiger partial charge in [-0.2, -0.15) is 0 Å². The Morgan fingerprint density at radius 2 is 1.89 bits per heavy atom. The van der Waals surface area contributed by atoms with E-state index in [2.05, 4.69) is 5.32 Å². The van der Waals surface area contributed by atoms with Gasteiger partial charge in [-0.25, -0.2) is 4.39 Å². The van der Waals surface area contributed by atoms with Crippen LogP contribution in [-0.4, -0.2) is 36.4 Å². The van der Waals surface area contributed by atoms with Gasteiger partial charge in [0.1, 0.15) is 17.6 Å². The van der Waals surface area contributed by atoms with Gasteiger partial charge in [0.15, 0.2) is 6.61 Å². The van der Waals surface area contributed by atoms with E-state index in [-0.39, 0.29) is 24.2 Å². The first-order valence-electron chi connectivity index (χ1n) is 8.89. The molecule has 6 heteroatoms. The number of amides is 2. The minimum absolute atomic E-state index is 0.222. The number of likely N-dealkylation sites (N-methyl/N-ethyl adjacent to an activating group) is 1. The van der Waals surface area contributed by atoms with Gasteiger partial charge in [0.25, 0.3) is 5.91 Å². The Morgan fingerprint density at radius 1 is 1.19 bits per heavy atom. The van der Waals surface area contributed by atoms with E-state index in [0.29, 0.717) is 18.7 Å². The molecule has 0 spiro atoms. The van der Waals surface area contributed by atoms with Crippen molar-refractivity contribution in [2.75, 3.05) is 13.7 Å². The second-order valence-corrected chi connectivity index (χ2v) is 6.29. The number of halogens is 1. The van der Waals surface area contributed by atoms with E-state index in [9.17, 15) is 14.0 Å². The number of carbonyl (C=O) groups is 2. The van der Waals surface area contributed by atoms with Gasteiger partial charge < -0.3 is 15.0 Å². The molecule has 0 heterocycles. The molecule has 2 rings (SSSR count). The zero-order valence-electron chi connectivity index (χ0n) is 15.9. The van der Waals surface area contributed by atoms with Crippen molar-refractivity contribution in [3.8, 4) is 5.75 Å². The fourth-order valence-electron chi connectivity index (χ4n) is 2.85. The van der Waals surface area contributed by atoms with Gasteiger partial charge in [-0.05, 0) is 43.2 Å². The summed E-state index contributed by atoms with van der Waals surface area (Å²) in [5.74, 6) is -0.509. The van der Waals surface area contributed by atoms with Gasteiger partial charge in [0.05, 0.1) is 0 Å². The monoisotopic (exact) mass is 372 g/mol. The predicted molar refractivity (Wildman–Crippen MR) is 102 cm³/mol. The summed E-state index contributed by atoms with van der Waals surface area (Å²) >= 11 is 0. The highest BCUT2D eigenvalue weighted by atomic mass is 19.1. The molecule has 27 heavy (non-hydrogen) atoms. The van der Waals surface area contributed by atoms with Crippen molar-refractivity contribution >= 4 is 11.8 Å². The molecule has 0 aliphatic rings. The van der Waals surface area contributed by atoms with Crippen LogP contribution < -0.4 is 10.1 Å². The van der Waals surface area contributed by atoms with Crippen LogP contribution in [0, 0.1) is 12.7 Å². The van der Waals surface area contributed by atoms with Gasteiger partial charge in [-0.15, -0.1) is 0 Å². The molecule has 0 aromatic heterocycles. The Morgan fingerprint density at radius 3 is 2.48 bits per heavy atom. The minimum atomic E-state index is -0.597. The molecule has 2 aromatic carbocycles. The van der Waals surface area contributed by atoms with Gasteiger partial charge >= 0.3 is 0 Å². The SMILES string of the molecule is CCC(C(=O)NC)N(Cc1cccc(C)c1)C(=O)COc1ccc(F)cc1. The summed E-state index contributed by atoms with van der Waals surface area (Å²) < 4.78 is 18.5. The first-order valence-corrected chi connectivity index (χ1v) is 8.89. The summed E-state index contributed by atoms with van der Waals surface area (Å²) in [6.07, 6.45) is 0.480. The van der Waals surface area contributed by atoms with Gasteiger partial charge in [0, 0.05) is 13.6 Å². The highest BCUT2D eigenvalue weighted by Crippen LogP contribution is 2.15. The Kier molecular flexibility index (Phi) is 7.34. The van der Waals surface area contributed by atoms with Crippen LogP contribution in [-0.2, 0) is 16.1 Å². The molecule has 0 saturated heterocycles. The Labute approximate surface area is 159 Å². The quantitative estimate of drug-likeness (QED) is 0.775. The van der Waals surface area contributed by atoms with E-state index >= 15 is 0 Å². The molecule has 1 atom stereocenters. The number of carbonyl (C=O) groups excluding carboxylic acids is 2. The number of rotatable bonds is 8. The normalized spacial score (nSPS) is 11.6. The fourth-order valence-corrected chi connectivity index (χ4v) is 2.85. The van der Waals surface area contributed by atoms with E-state index in [4.69, 9.17) is 4.74 Å². The summed E-state index contributed by atoms with van der Waals surface area (Å²) in [5, 5.41) is 2.61. The summed E-state index contributed by atoms with van der Waals surface area (Å²) in [6, 6.07) is 12.7. The van der Waals surface area contributed by atoms with Crippen molar-refractivity contribution in [3.63, 3.8) is 0 Å². The third-order valence-corrected chi connectivity index (χ3v) is 4.24. The Balaban J connectivity index is 2.17. The molecule has 0 fully saturated rings. The van der Waals surface area contributed by atoms with Crippen LogP contribution in [0.5, 0.6) is 5.75 Å². The smallest absolute Gasteiger partial charge is 0.261 e. The lowest BCUT2D eigenvalue weighted by Gasteiger charge is -2.30. The summed E-state index contributed by atoms with van der Waals surface area (Å²) in [5.41, 5.74) is 2.02. The van der Waals surface area contributed by atoms with Crippen LogP contribution in [0.4, 0.5) is 4.39 Å². The van der Waals surface area contributed by atoms with Crippen molar-refractivity contribution in [3.05, 3.63) is 65.5 Å². The van der Waals surface area contributed by atoms with Gasteiger partial charge in [-0.1, -0.05) is 36.8 Å². The first kappa shape index (κ1) is 20.4. The fraction of sp³-hybridized carbons (Fsp3) is 0.333.